The Hall–Kier alpha value is -1.71. The molecule has 0 aliphatic heterocycles. The third-order valence-electron chi connectivity index (χ3n) is 2.89. The fourth-order valence-corrected chi connectivity index (χ4v) is 1.95. The Morgan fingerprint density at radius 2 is 2.00 bits per heavy atom. The first-order valence-corrected chi connectivity index (χ1v) is 6.46. The van der Waals surface area contributed by atoms with Crippen molar-refractivity contribution in [1.29, 1.82) is 0 Å². The summed E-state index contributed by atoms with van der Waals surface area (Å²) < 4.78 is 0. The highest BCUT2D eigenvalue weighted by Crippen LogP contribution is 2.22. The maximum Gasteiger partial charge on any atom is 0.323 e. The number of benzene rings is 1. The van der Waals surface area contributed by atoms with Gasteiger partial charge in [-0.3, -0.25) is 4.79 Å². The largest absolute Gasteiger partial charge is 0.480 e. The van der Waals surface area contributed by atoms with Crippen LogP contribution in [-0.4, -0.2) is 24.2 Å². The molecule has 0 aliphatic carbocycles. The fourth-order valence-electron chi connectivity index (χ4n) is 1.95. The van der Waals surface area contributed by atoms with Crippen LogP contribution >= 0.6 is 0 Å². The van der Waals surface area contributed by atoms with Crippen LogP contribution in [0.5, 0.6) is 0 Å². The SMILES string of the molecule is CCCCCCN(CC(=O)O)c1ccccc1N. The zero-order valence-electron chi connectivity index (χ0n) is 10.9. The van der Waals surface area contributed by atoms with Crippen molar-refractivity contribution < 1.29 is 9.90 Å². The van der Waals surface area contributed by atoms with Gasteiger partial charge < -0.3 is 15.7 Å². The minimum atomic E-state index is -0.825. The Labute approximate surface area is 108 Å². The molecule has 4 heteroatoms. The van der Waals surface area contributed by atoms with Gasteiger partial charge in [0.1, 0.15) is 6.54 Å². The van der Waals surface area contributed by atoms with Crippen LogP contribution in [0.4, 0.5) is 11.4 Å². The van der Waals surface area contributed by atoms with Gasteiger partial charge in [0, 0.05) is 6.54 Å². The van der Waals surface area contributed by atoms with Gasteiger partial charge in [-0.2, -0.15) is 0 Å². The zero-order chi connectivity index (χ0) is 13.4. The van der Waals surface area contributed by atoms with Gasteiger partial charge in [-0.1, -0.05) is 38.3 Å². The van der Waals surface area contributed by atoms with Crippen molar-refractivity contribution in [3.63, 3.8) is 0 Å². The molecule has 0 bridgehead atoms. The van der Waals surface area contributed by atoms with E-state index in [1.165, 1.54) is 12.8 Å². The molecule has 3 N–H and O–H groups in total. The van der Waals surface area contributed by atoms with Gasteiger partial charge in [0.15, 0.2) is 0 Å². The fraction of sp³-hybridized carbons (Fsp3) is 0.500. The average Bonchev–Trinajstić information content (AvgIpc) is 2.33. The van der Waals surface area contributed by atoms with E-state index in [-0.39, 0.29) is 6.54 Å². The summed E-state index contributed by atoms with van der Waals surface area (Å²) in [7, 11) is 0. The molecule has 0 aliphatic rings. The molecule has 0 atom stereocenters. The number of anilines is 2. The van der Waals surface area contributed by atoms with E-state index in [9.17, 15) is 4.79 Å². The highest BCUT2D eigenvalue weighted by molar-refractivity contribution is 5.77. The van der Waals surface area contributed by atoms with Crippen molar-refractivity contribution in [3.8, 4) is 0 Å². The summed E-state index contributed by atoms with van der Waals surface area (Å²) in [6, 6.07) is 7.41. The van der Waals surface area contributed by atoms with Gasteiger partial charge in [-0.25, -0.2) is 0 Å². The second-order valence-electron chi connectivity index (χ2n) is 4.43. The number of nitrogens with zero attached hydrogens (tertiary/aromatic N) is 1. The van der Waals surface area contributed by atoms with E-state index in [1.54, 1.807) is 6.07 Å². The van der Waals surface area contributed by atoms with Crippen molar-refractivity contribution in [1.82, 2.24) is 0 Å². The van der Waals surface area contributed by atoms with E-state index in [4.69, 9.17) is 10.8 Å². The van der Waals surface area contributed by atoms with Gasteiger partial charge in [-0.15, -0.1) is 0 Å². The molecular weight excluding hydrogens is 228 g/mol. The molecule has 1 rings (SSSR count). The summed E-state index contributed by atoms with van der Waals surface area (Å²) in [5.41, 5.74) is 7.34. The number of carboxylic acids is 1. The Balaban J connectivity index is 2.66. The van der Waals surface area contributed by atoms with E-state index >= 15 is 0 Å². The van der Waals surface area contributed by atoms with Crippen LogP contribution in [-0.2, 0) is 4.79 Å². The molecule has 1 aromatic carbocycles. The van der Waals surface area contributed by atoms with Crippen LogP contribution in [0, 0.1) is 0 Å². The number of carbonyl (C=O) groups is 1. The Bertz CT molecular complexity index is 380. The summed E-state index contributed by atoms with van der Waals surface area (Å²) in [6.07, 6.45) is 4.48. The topological polar surface area (TPSA) is 66.6 Å². The Morgan fingerprint density at radius 1 is 1.28 bits per heavy atom. The van der Waals surface area contributed by atoms with Crippen molar-refractivity contribution in [2.45, 2.75) is 32.6 Å². The van der Waals surface area contributed by atoms with E-state index in [1.807, 2.05) is 23.1 Å². The number of unbranched alkanes of at least 4 members (excludes halogenated alkanes) is 3. The second kappa shape index (κ2) is 7.58. The Kier molecular flexibility index (Phi) is 6.05. The van der Waals surface area contributed by atoms with Crippen molar-refractivity contribution in [2.24, 2.45) is 0 Å². The molecule has 0 fully saturated rings. The number of carboxylic acid groups (broad SMARTS) is 1. The first-order chi connectivity index (χ1) is 8.65. The molecule has 18 heavy (non-hydrogen) atoms. The molecule has 1 aromatic rings. The summed E-state index contributed by atoms with van der Waals surface area (Å²) in [5.74, 6) is -0.825. The van der Waals surface area contributed by atoms with Gasteiger partial charge in [-0.05, 0) is 18.6 Å². The van der Waals surface area contributed by atoms with E-state index in [2.05, 4.69) is 6.92 Å². The van der Waals surface area contributed by atoms with Gasteiger partial charge in [0.05, 0.1) is 11.4 Å². The van der Waals surface area contributed by atoms with Crippen LogP contribution in [0.2, 0.25) is 0 Å². The summed E-state index contributed by atoms with van der Waals surface area (Å²) in [6.45, 7) is 2.89. The zero-order valence-corrected chi connectivity index (χ0v) is 10.9. The lowest BCUT2D eigenvalue weighted by Gasteiger charge is -2.24. The number of nitrogens with two attached hydrogens (primary N) is 1. The van der Waals surface area contributed by atoms with Crippen LogP contribution in [0.3, 0.4) is 0 Å². The predicted octanol–water partition coefficient (Wildman–Crippen LogP) is 2.74. The van der Waals surface area contributed by atoms with Crippen LogP contribution in [0.15, 0.2) is 24.3 Å². The van der Waals surface area contributed by atoms with Crippen molar-refractivity contribution >= 4 is 17.3 Å². The molecular formula is C14H22N2O2. The predicted molar refractivity (Wildman–Crippen MR) is 74.8 cm³/mol. The highest BCUT2D eigenvalue weighted by Gasteiger charge is 2.12. The number of hydrogen-bond donors (Lipinski definition) is 2. The number of para-hydroxylation sites is 2. The first-order valence-electron chi connectivity index (χ1n) is 6.46. The molecule has 0 unspecified atom stereocenters. The van der Waals surface area contributed by atoms with Crippen LogP contribution in [0.1, 0.15) is 32.6 Å². The van der Waals surface area contributed by atoms with E-state index < -0.39 is 5.97 Å². The van der Waals surface area contributed by atoms with Crippen molar-refractivity contribution in [2.75, 3.05) is 23.7 Å². The molecule has 100 valence electrons. The minimum Gasteiger partial charge on any atom is -0.480 e. The lowest BCUT2D eigenvalue weighted by molar-refractivity contribution is -0.135. The second-order valence-corrected chi connectivity index (χ2v) is 4.43. The van der Waals surface area contributed by atoms with Crippen molar-refractivity contribution in [3.05, 3.63) is 24.3 Å². The molecule has 0 amide bonds. The summed E-state index contributed by atoms with van der Waals surface area (Å²) in [4.78, 5) is 12.7. The highest BCUT2D eigenvalue weighted by atomic mass is 16.4. The lowest BCUT2D eigenvalue weighted by atomic mass is 10.2. The number of aliphatic carboxylic acids is 1. The molecule has 4 nitrogen and oxygen atoms in total. The van der Waals surface area contributed by atoms with Crippen LogP contribution in [0.25, 0.3) is 0 Å². The molecule has 0 radical (unpaired) electrons. The Morgan fingerprint density at radius 3 is 2.61 bits per heavy atom. The van der Waals surface area contributed by atoms with Gasteiger partial charge >= 0.3 is 5.97 Å². The molecule has 0 spiro atoms. The number of nitrogen functional groups attached to an aromatic ring is 1. The quantitative estimate of drug-likeness (QED) is 0.550. The standard InChI is InChI=1S/C14H22N2O2/c1-2-3-4-7-10-16(11-14(17)18)13-9-6-5-8-12(13)15/h5-6,8-9H,2-4,7,10-11,15H2,1H3,(H,17,18). The summed E-state index contributed by atoms with van der Waals surface area (Å²) >= 11 is 0. The third kappa shape index (κ3) is 4.65. The van der Waals surface area contributed by atoms with Gasteiger partial charge in [0.25, 0.3) is 0 Å². The van der Waals surface area contributed by atoms with E-state index in [0.29, 0.717) is 5.69 Å². The maximum absolute atomic E-state index is 10.9. The van der Waals surface area contributed by atoms with E-state index in [0.717, 1.165) is 25.1 Å². The van der Waals surface area contributed by atoms with Crippen LogP contribution < -0.4 is 10.6 Å². The minimum absolute atomic E-state index is 0.000336. The number of hydrogen-bond acceptors (Lipinski definition) is 3. The smallest absolute Gasteiger partial charge is 0.323 e. The average molecular weight is 250 g/mol. The lowest BCUT2D eigenvalue weighted by Crippen LogP contribution is -2.31. The molecule has 0 saturated heterocycles. The third-order valence-corrected chi connectivity index (χ3v) is 2.89. The summed E-state index contributed by atoms with van der Waals surface area (Å²) in [5, 5.41) is 8.96. The monoisotopic (exact) mass is 250 g/mol. The van der Waals surface area contributed by atoms with Gasteiger partial charge in [0.2, 0.25) is 0 Å². The normalized spacial score (nSPS) is 10.3. The maximum atomic E-state index is 10.9. The molecule has 0 saturated carbocycles. The first kappa shape index (κ1) is 14.4. The number of rotatable bonds is 8. The molecule has 0 heterocycles. The molecule has 0 aromatic heterocycles.